The molecule has 2 fully saturated rings. The average molecular weight is 517 g/mol. The molecule has 35 heavy (non-hydrogen) atoms. The SMILES string of the molecule is CC(C)(C)OC(=O)C1CCC(C(C2CCC(C(=O)OC(C)(C)C)CC2)(C(F)(F)F)C(F)(F)F)CC1. The number of carbonyl (C=O) groups is 2. The Hall–Kier alpha value is -1.48. The molecule has 2 aliphatic rings. The third-order valence-corrected chi connectivity index (χ3v) is 7.16. The zero-order valence-corrected chi connectivity index (χ0v) is 21.4. The van der Waals surface area contributed by atoms with E-state index in [1.54, 1.807) is 41.5 Å². The van der Waals surface area contributed by atoms with E-state index in [1.165, 1.54) is 0 Å². The second-order valence-electron chi connectivity index (χ2n) is 12.0. The highest BCUT2D eigenvalue weighted by molar-refractivity contribution is 5.73. The van der Waals surface area contributed by atoms with E-state index in [1.807, 2.05) is 0 Å². The zero-order chi connectivity index (χ0) is 27.0. The van der Waals surface area contributed by atoms with Gasteiger partial charge in [0.2, 0.25) is 0 Å². The number of halogens is 6. The lowest BCUT2D eigenvalue weighted by molar-refractivity contribution is -0.382. The van der Waals surface area contributed by atoms with Gasteiger partial charge in [0.05, 0.1) is 11.8 Å². The molecule has 0 aromatic heterocycles. The van der Waals surface area contributed by atoms with Crippen LogP contribution in [-0.2, 0) is 19.1 Å². The Balaban J connectivity index is 2.25. The van der Waals surface area contributed by atoms with Gasteiger partial charge in [-0.25, -0.2) is 0 Å². The molecule has 0 N–H and O–H groups in total. The number of carbonyl (C=O) groups excluding carboxylic acids is 2. The third-order valence-electron chi connectivity index (χ3n) is 7.16. The number of ether oxygens (including phenoxy) is 2. The fourth-order valence-corrected chi connectivity index (χ4v) is 5.76. The van der Waals surface area contributed by atoms with E-state index in [0.29, 0.717) is 0 Å². The predicted octanol–water partition coefficient (Wildman–Crippen LogP) is 7.39. The van der Waals surface area contributed by atoms with E-state index >= 15 is 0 Å². The number of rotatable bonds is 4. The van der Waals surface area contributed by atoms with Crippen molar-refractivity contribution in [3.05, 3.63) is 0 Å². The van der Waals surface area contributed by atoms with Crippen LogP contribution in [-0.4, -0.2) is 35.5 Å². The molecule has 0 aliphatic heterocycles. The van der Waals surface area contributed by atoms with Gasteiger partial charge >= 0.3 is 24.3 Å². The van der Waals surface area contributed by atoms with E-state index in [-0.39, 0.29) is 51.4 Å². The first-order valence-corrected chi connectivity index (χ1v) is 12.3. The molecule has 0 bridgehead atoms. The van der Waals surface area contributed by atoms with Gasteiger partial charge < -0.3 is 9.47 Å². The molecule has 4 nitrogen and oxygen atoms in total. The Kier molecular flexibility index (Phi) is 8.60. The fraction of sp³-hybridized carbons (Fsp3) is 0.920. The second-order valence-corrected chi connectivity index (χ2v) is 12.0. The second kappa shape index (κ2) is 10.1. The summed E-state index contributed by atoms with van der Waals surface area (Å²) in [4.78, 5) is 24.7. The molecule has 10 heteroatoms. The first kappa shape index (κ1) is 29.7. The molecule has 0 heterocycles. The average Bonchev–Trinajstić information content (AvgIpc) is 2.64. The summed E-state index contributed by atoms with van der Waals surface area (Å²) in [5, 5.41) is 0. The number of hydrogen-bond donors (Lipinski definition) is 0. The van der Waals surface area contributed by atoms with Crippen molar-refractivity contribution >= 4 is 11.9 Å². The van der Waals surface area contributed by atoms with Crippen LogP contribution in [0.3, 0.4) is 0 Å². The van der Waals surface area contributed by atoms with Crippen LogP contribution in [0.4, 0.5) is 26.3 Å². The Bertz CT molecular complexity index is 680. The largest absolute Gasteiger partial charge is 0.460 e. The molecule has 0 amide bonds. The summed E-state index contributed by atoms with van der Waals surface area (Å²) < 4.78 is 97.5. The summed E-state index contributed by atoms with van der Waals surface area (Å²) in [6.07, 6.45) is -12.8. The lowest BCUT2D eigenvalue weighted by Gasteiger charge is -2.51. The van der Waals surface area contributed by atoms with Crippen molar-refractivity contribution in [3.63, 3.8) is 0 Å². The highest BCUT2D eigenvalue weighted by atomic mass is 19.4. The highest BCUT2D eigenvalue weighted by Crippen LogP contribution is 2.65. The predicted molar refractivity (Wildman–Crippen MR) is 117 cm³/mol. The summed E-state index contributed by atoms with van der Waals surface area (Å²) >= 11 is 0. The molecular weight excluding hydrogens is 478 g/mol. The maximum absolute atomic E-state index is 14.5. The Labute approximate surface area is 203 Å². The topological polar surface area (TPSA) is 52.6 Å². The summed E-state index contributed by atoms with van der Waals surface area (Å²) in [6.45, 7) is 9.93. The molecular formula is C25H38F6O4. The number of hydrogen-bond acceptors (Lipinski definition) is 4. The Morgan fingerprint density at radius 3 is 1.00 bits per heavy atom. The van der Waals surface area contributed by atoms with Crippen LogP contribution in [0.1, 0.15) is 92.9 Å². The summed E-state index contributed by atoms with van der Waals surface area (Å²) in [7, 11) is 0. The Morgan fingerprint density at radius 2 is 0.800 bits per heavy atom. The maximum atomic E-state index is 14.5. The van der Waals surface area contributed by atoms with E-state index in [4.69, 9.17) is 9.47 Å². The van der Waals surface area contributed by atoms with Crippen LogP contribution < -0.4 is 0 Å². The minimum atomic E-state index is -5.52. The van der Waals surface area contributed by atoms with Gasteiger partial charge in [-0.05, 0) is 105 Å². The van der Waals surface area contributed by atoms with Crippen molar-refractivity contribution in [2.24, 2.45) is 29.1 Å². The highest BCUT2D eigenvalue weighted by Gasteiger charge is 2.76. The molecule has 0 unspecified atom stereocenters. The quantitative estimate of drug-likeness (QED) is 0.289. The lowest BCUT2D eigenvalue weighted by atomic mass is 9.56. The van der Waals surface area contributed by atoms with Crippen molar-refractivity contribution in [2.75, 3.05) is 0 Å². The van der Waals surface area contributed by atoms with Crippen LogP contribution >= 0.6 is 0 Å². The van der Waals surface area contributed by atoms with Gasteiger partial charge in [0, 0.05) is 0 Å². The number of esters is 2. The van der Waals surface area contributed by atoms with Gasteiger partial charge in [-0.3, -0.25) is 9.59 Å². The molecule has 204 valence electrons. The van der Waals surface area contributed by atoms with Crippen molar-refractivity contribution < 1.29 is 45.4 Å². The summed E-state index contributed by atoms with van der Waals surface area (Å²) in [5.74, 6) is -5.98. The van der Waals surface area contributed by atoms with E-state index in [9.17, 15) is 35.9 Å². The molecule has 0 spiro atoms. The summed E-state index contributed by atoms with van der Waals surface area (Å²) in [5.41, 5.74) is -5.46. The van der Waals surface area contributed by atoms with E-state index < -0.39 is 64.6 Å². The molecule has 2 saturated carbocycles. The molecule has 0 aromatic rings. The monoisotopic (exact) mass is 516 g/mol. The fourth-order valence-electron chi connectivity index (χ4n) is 5.76. The normalized spacial score (nSPS) is 27.3. The molecule has 0 atom stereocenters. The van der Waals surface area contributed by atoms with Gasteiger partial charge in [-0.2, -0.15) is 26.3 Å². The molecule has 2 rings (SSSR count). The van der Waals surface area contributed by atoms with Gasteiger partial charge in [-0.15, -0.1) is 0 Å². The third kappa shape index (κ3) is 6.85. The van der Waals surface area contributed by atoms with Crippen molar-refractivity contribution in [3.8, 4) is 0 Å². The lowest BCUT2D eigenvalue weighted by Crippen LogP contribution is -2.60. The standard InChI is InChI=1S/C25H38F6O4/c1-21(2,3)34-19(32)15-7-11-17(12-8-15)23(24(26,27)28,25(29,30)31)18-13-9-16(10-14-18)20(33)35-22(4,5)6/h15-18H,7-14H2,1-6H3. The van der Waals surface area contributed by atoms with Crippen molar-refractivity contribution in [1.82, 2.24) is 0 Å². The number of alkyl halides is 6. The van der Waals surface area contributed by atoms with Crippen LogP contribution in [0.5, 0.6) is 0 Å². The van der Waals surface area contributed by atoms with E-state index in [0.717, 1.165) is 0 Å². The smallest absolute Gasteiger partial charge is 0.403 e. The van der Waals surface area contributed by atoms with Crippen LogP contribution in [0.2, 0.25) is 0 Å². The Morgan fingerprint density at radius 1 is 0.543 bits per heavy atom. The minimum Gasteiger partial charge on any atom is -0.460 e. The van der Waals surface area contributed by atoms with Crippen molar-refractivity contribution in [2.45, 2.75) is 116 Å². The van der Waals surface area contributed by atoms with Crippen LogP contribution in [0.25, 0.3) is 0 Å². The molecule has 0 aromatic carbocycles. The van der Waals surface area contributed by atoms with E-state index in [2.05, 4.69) is 0 Å². The zero-order valence-electron chi connectivity index (χ0n) is 21.4. The first-order chi connectivity index (χ1) is 15.7. The summed E-state index contributed by atoms with van der Waals surface area (Å²) in [6, 6.07) is 0. The first-order valence-electron chi connectivity index (χ1n) is 12.3. The maximum Gasteiger partial charge on any atom is 0.403 e. The van der Waals surface area contributed by atoms with Gasteiger partial charge in [0.25, 0.3) is 0 Å². The van der Waals surface area contributed by atoms with Gasteiger partial charge in [0.1, 0.15) is 11.2 Å². The molecule has 0 radical (unpaired) electrons. The van der Waals surface area contributed by atoms with Crippen LogP contribution in [0.15, 0.2) is 0 Å². The molecule has 2 aliphatic carbocycles. The van der Waals surface area contributed by atoms with Crippen molar-refractivity contribution in [1.29, 1.82) is 0 Å². The van der Waals surface area contributed by atoms with Gasteiger partial charge in [-0.1, -0.05) is 0 Å². The van der Waals surface area contributed by atoms with Crippen LogP contribution in [0, 0.1) is 29.1 Å². The minimum absolute atomic E-state index is 0.0826. The molecule has 0 saturated heterocycles. The van der Waals surface area contributed by atoms with Gasteiger partial charge in [0.15, 0.2) is 5.41 Å².